The summed E-state index contributed by atoms with van der Waals surface area (Å²) in [4.78, 5) is 12.7. The summed E-state index contributed by atoms with van der Waals surface area (Å²) in [6, 6.07) is 7.52. The van der Waals surface area contributed by atoms with E-state index in [2.05, 4.69) is 16.5 Å². The third-order valence-electron chi connectivity index (χ3n) is 4.74. The maximum Gasteiger partial charge on any atom is 0.270 e. The first kappa shape index (κ1) is 18.2. The smallest absolute Gasteiger partial charge is 0.270 e. The van der Waals surface area contributed by atoms with Crippen molar-refractivity contribution in [2.45, 2.75) is 25.3 Å². The van der Waals surface area contributed by atoms with E-state index in [1.165, 1.54) is 4.68 Å². The van der Waals surface area contributed by atoms with E-state index in [4.69, 9.17) is 10.00 Å². The number of aromatic nitrogens is 2. The van der Waals surface area contributed by atoms with E-state index in [9.17, 15) is 15.0 Å². The van der Waals surface area contributed by atoms with Crippen LogP contribution in [0.15, 0.2) is 18.2 Å². The van der Waals surface area contributed by atoms with E-state index in [1.807, 2.05) is 0 Å². The Bertz CT molecular complexity index is 875. The molecule has 8 nitrogen and oxygen atoms in total. The van der Waals surface area contributed by atoms with Crippen LogP contribution in [0.1, 0.15) is 30.3 Å². The molecule has 1 aromatic carbocycles. The summed E-state index contributed by atoms with van der Waals surface area (Å²) < 4.78 is 7.20. The largest absolute Gasteiger partial charge is 0.492 e. The average molecular weight is 358 g/mol. The first-order valence-corrected chi connectivity index (χ1v) is 8.40. The molecule has 2 aromatic rings. The van der Waals surface area contributed by atoms with Crippen molar-refractivity contribution in [3.8, 4) is 11.8 Å². The number of hydrogen-bond donors (Lipinski definition) is 3. The van der Waals surface area contributed by atoms with Gasteiger partial charge in [0.05, 0.1) is 35.8 Å². The van der Waals surface area contributed by atoms with E-state index >= 15 is 0 Å². The number of carbonyl (C=O) groups is 1. The number of aliphatic hydroxyl groups excluding tert-OH is 2. The molecule has 0 aliphatic heterocycles. The molecule has 8 heteroatoms. The Morgan fingerprint density at radius 2 is 2.15 bits per heavy atom. The number of rotatable bonds is 7. The summed E-state index contributed by atoms with van der Waals surface area (Å²) in [6.07, 6.45) is 1.68. The number of nitriles is 1. The van der Waals surface area contributed by atoms with Crippen molar-refractivity contribution in [3.63, 3.8) is 0 Å². The van der Waals surface area contributed by atoms with E-state index in [0.717, 1.165) is 12.8 Å². The van der Waals surface area contributed by atoms with Crippen LogP contribution in [-0.4, -0.2) is 51.3 Å². The Morgan fingerprint density at radius 3 is 2.73 bits per heavy atom. The molecule has 26 heavy (non-hydrogen) atoms. The lowest BCUT2D eigenvalue weighted by Crippen LogP contribution is -2.52. The molecular formula is C18H22N4O4. The molecular weight excluding hydrogens is 336 g/mol. The van der Waals surface area contributed by atoms with Gasteiger partial charge in [0.2, 0.25) is 0 Å². The number of benzene rings is 1. The van der Waals surface area contributed by atoms with Gasteiger partial charge in [0.1, 0.15) is 18.1 Å². The van der Waals surface area contributed by atoms with Crippen molar-refractivity contribution in [1.29, 1.82) is 5.26 Å². The van der Waals surface area contributed by atoms with Crippen LogP contribution in [0.5, 0.6) is 5.75 Å². The highest BCUT2D eigenvalue weighted by molar-refractivity contribution is 6.05. The maximum atomic E-state index is 12.7. The van der Waals surface area contributed by atoms with Crippen molar-refractivity contribution in [1.82, 2.24) is 15.1 Å². The molecule has 0 saturated heterocycles. The number of carbonyl (C=O) groups excluding carboxylic acids is 1. The normalized spacial score (nSPS) is 15.5. The van der Waals surface area contributed by atoms with Gasteiger partial charge < -0.3 is 20.3 Å². The van der Waals surface area contributed by atoms with Gasteiger partial charge in [-0.2, -0.15) is 10.4 Å². The van der Waals surface area contributed by atoms with E-state index in [1.54, 1.807) is 32.2 Å². The van der Waals surface area contributed by atoms with Gasteiger partial charge >= 0.3 is 0 Å². The second kappa shape index (κ2) is 6.59. The predicted molar refractivity (Wildman–Crippen MR) is 93.5 cm³/mol. The molecule has 3 rings (SSSR count). The molecule has 1 aromatic heterocycles. The number of aliphatic hydroxyl groups is 2. The Kier molecular flexibility index (Phi) is 4.61. The Labute approximate surface area is 151 Å². The van der Waals surface area contributed by atoms with Crippen molar-refractivity contribution in [2.75, 3.05) is 19.8 Å². The molecule has 0 radical (unpaired) electrons. The van der Waals surface area contributed by atoms with Crippen LogP contribution >= 0.6 is 0 Å². The lowest BCUT2D eigenvalue weighted by atomic mass is 10.0. The van der Waals surface area contributed by atoms with Crippen molar-refractivity contribution >= 4 is 16.8 Å². The number of nitrogens with one attached hydrogen (secondary N) is 1. The maximum absolute atomic E-state index is 12.7. The molecule has 0 unspecified atom stereocenters. The van der Waals surface area contributed by atoms with Gasteiger partial charge in [0.25, 0.3) is 5.91 Å². The highest BCUT2D eigenvalue weighted by Gasteiger charge is 2.44. The number of amides is 1. The summed E-state index contributed by atoms with van der Waals surface area (Å²) in [6.45, 7) is 1.09. The fraction of sp³-hybridized carbons (Fsp3) is 0.500. The van der Waals surface area contributed by atoms with E-state index in [-0.39, 0.29) is 5.41 Å². The summed E-state index contributed by atoms with van der Waals surface area (Å²) >= 11 is 0. The molecule has 1 aliphatic rings. The molecule has 1 fully saturated rings. The molecule has 1 amide bonds. The quantitative estimate of drug-likeness (QED) is 0.671. The zero-order valence-electron chi connectivity index (χ0n) is 14.8. The number of hydrogen-bond acceptors (Lipinski definition) is 6. The molecule has 0 spiro atoms. The second-order valence-electron chi connectivity index (χ2n) is 7.16. The first-order valence-electron chi connectivity index (χ1n) is 8.40. The van der Waals surface area contributed by atoms with Gasteiger partial charge in [-0.05, 0) is 38.0 Å². The van der Waals surface area contributed by atoms with Gasteiger partial charge in [-0.25, -0.2) is 0 Å². The van der Waals surface area contributed by atoms with Crippen LogP contribution in [0.25, 0.3) is 10.9 Å². The van der Waals surface area contributed by atoms with Crippen LogP contribution in [0.3, 0.4) is 0 Å². The van der Waals surface area contributed by atoms with Gasteiger partial charge in [-0.1, -0.05) is 0 Å². The minimum Gasteiger partial charge on any atom is -0.492 e. The monoisotopic (exact) mass is 358 g/mol. The molecule has 138 valence electrons. The number of fused-ring (bicyclic) bond motifs is 1. The fourth-order valence-electron chi connectivity index (χ4n) is 2.66. The Morgan fingerprint density at radius 1 is 1.46 bits per heavy atom. The van der Waals surface area contributed by atoms with Crippen LogP contribution in [-0.2, 0) is 7.05 Å². The molecule has 0 atom stereocenters. The summed E-state index contributed by atoms with van der Waals surface area (Å²) in [5.41, 5.74) is -0.581. The van der Waals surface area contributed by atoms with Crippen molar-refractivity contribution < 1.29 is 19.7 Å². The van der Waals surface area contributed by atoms with Crippen LogP contribution in [0, 0.1) is 16.7 Å². The summed E-state index contributed by atoms with van der Waals surface area (Å²) in [5.74, 6) is 0.113. The molecule has 1 heterocycles. The highest BCUT2D eigenvalue weighted by atomic mass is 16.5. The Hall–Kier alpha value is -2.63. The van der Waals surface area contributed by atoms with Crippen LogP contribution in [0.4, 0.5) is 0 Å². The van der Waals surface area contributed by atoms with E-state index in [0.29, 0.717) is 29.0 Å². The minimum atomic E-state index is -1.13. The third kappa shape index (κ3) is 3.36. The highest BCUT2D eigenvalue weighted by Crippen LogP contribution is 2.45. The summed E-state index contributed by atoms with van der Waals surface area (Å²) in [5, 5.41) is 35.5. The van der Waals surface area contributed by atoms with Gasteiger partial charge in [-0.3, -0.25) is 9.48 Å². The lowest BCUT2D eigenvalue weighted by molar-refractivity contribution is 0.0717. The molecule has 1 aliphatic carbocycles. The van der Waals surface area contributed by atoms with Crippen LogP contribution < -0.4 is 10.1 Å². The van der Waals surface area contributed by atoms with Crippen molar-refractivity contribution in [3.05, 3.63) is 23.9 Å². The Balaban J connectivity index is 1.87. The van der Waals surface area contributed by atoms with Gasteiger partial charge in [0.15, 0.2) is 0 Å². The predicted octanol–water partition coefficient (Wildman–Crippen LogP) is 0.729. The molecule has 3 N–H and O–H groups in total. The zero-order chi connectivity index (χ0) is 18.9. The SMILES string of the molecule is Cn1nc2ccc(OCC3(C#N)CC3)cc2c1C(=O)NC(C)(CO)CO. The lowest BCUT2D eigenvalue weighted by Gasteiger charge is -2.26. The first-order chi connectivity index (χ1) is 12.4. The van der Waals surface area contributed by atoms with Gasteiger partial charge in [-0.15, -0.1) is 0 Å². The second-order valence-corrected chi connectivity index (χ2v) is 7.16. The molecule has 0 bridgehead atoms. The number of ether oxygens (including phenoxy) is 1. The number of aryl methyl sites for hydroxylation is 1. The standard InChI is InChI=1S/C18H22N4O4/c1-17(9-23,10-24)20-16(25)15-13-7-12(3-4-14(13)21-22(15)2)26-11-18(8-19)5-6-18/h3-4,7,23-24H,5-6,9-11H2,1-2H3,(H,20,25). The zero-order valence-corrected chi connectivity index (χ0v) is 14.8. The van der Waals surface area contributed by atoms with Gasteiger partial charge in [0, 0.05) is 12.4 Å². The van der Waals surface area contributed by atoms with E-state index < -0.39 is 24.7 Å². The number of nitrogens with zero attached hydrogens (tertiary/aromatic N) is 3. The van der Waals surface area contributed by atoms with Crippen LogP contribution in [0.2, 0.25) is 0 Å². The third-order valence-corrected chi connectivity index (χ3v) is 4.74. The fourth-order valence-corrected chi connectivity index (χ4v) is 2.66. The minimum absolute atomic E-state index is 0.306. The summed E-state index contributed by atoms with van der Waals surface area (Å²) in [7, 11) is 1.65. The average Bonchev–Trinajstić information content (AvgIpc) is 3.34. The topological polar surface area (TPSA) is 120 Å². The van der Waals surface area contributed by atoms with Crippen molar-refractivity contribution in [2.24, 2.45) is 12.5 Å². The molecule has 1 saturated carbocycles.